The third-order valence-corrected chi connectivity index (χ3v) is 3.81. The first-order valence-electron chi connectivity index (χ1n) is 5.89. The van der Waals surface area contributed by atoms with Gasteiger partial charge < -0.3 is 15.0 Å². The fourth-order valence-electron chi connectivity index (χ4n) is 1.68. The van der Waals surface area contributed by atoms with E-state index in [4.69, 9.17) is 15.0 Å². The lowest BCUT2D eigenvalue weighted by molar-refractivity contribution is 0.149. The van der Waals surface area contributed by atoms with Gasteiger partial charge >= 0.3 is 0 Å². The monoisotopic (exact) mass is 267 g/mol. The molecule has 98 valence electrons. The fraction of sp³-hybridized carbons (Fsp3) is 0.500. The summed E-state index contributed by atoms with van der Waals surface area (Å²) in [5.41, 5.74) is 7.95. The Morgan fingerprint density at radius 3 is 2.78 bits per heavy atom. The number of rotatable bonds is 5. The summed E-state index contributed by atoms with van der Waals surface area (Å²) in [6, 6.07) is 0. The highest BCUT2D eigenvalue weighted by atomic mass is 32.1. The van der Waals surface area contributed by atoms with Crippen molar-refractivity contribution >= 4 is 16.3 Å². The molecule has 0 aliphatic carbocycles. The Kier molecular flexibility index (Phi) is 3.98. The highest BCUT2D eigenvalue weighted by Gasteiger charge is 2.18. The summed E-state index contributed by atoms with van der Waals surface area (Å²) in [6.45, 7) is 7.31. The van der Waals surface area contributed by atoms with Crippen molar-refractivity contribution in [3.05, 3.63) is 16.3 Å². The summed E-state index contributed by atoms with van der Waals surface area (Å²) in [7, 11) is 0. The van der Waals surface area contributed by atoms with E-state index < -0.39 is 0 Å². The molecule has 0 bridgehead atoms. The van der Waals surface area contributed by atoms with Crippen molar-refractivity contribution in [2.75, 3.05) is 18.9 Å². The fourth-order valence-corrected chi connectivity index (χ4v) is 2.61. The number of aryl methyl sites for hydroxylation is 1. The average Bonchev–Trinajstić information content (AvgIpc) is 2.86. The highest BCUT2D eigenvalue weighted by Crippen LogP contribution is 2.36. The lowest BCUT2D eigenvalue weighted by atomic mass is 10.1. The average molecular weight is 267 g/mol. The minimum atomic E-state index is 0.501. The van der Waals surface area contributed by atoms with Crippen LogP contribution < -0.4 is 5.73 Å². The molecule has 0 aliphatic heterocycles. The first-order chi connectivity index (χ1) is 8.63. The molecular weight excluding hydrogens is 250 g/mol. The van der Waals surface area contributed by atoms with Crippen LogP contribution in [0.5, 0.6) is 0 Å². The first-order valence-corrected chi connectivity index (χ1v) is 6.71. The minimum absolute atomic E-state index is 0.501. The molecule has 2 heterocycles. The van der Waals surface area contributed by atoms with Gasteiger partial charge in [0.25, 0.3) is 5.89 Å². The highest BCUT2D eigenvalue weighted by molar-refractivity contribution is 7.16. The van der Waals surface area contributed by atoms with E-state index in [9.17, 15) is 0 Å². The topological polar surface area (TPSA) is 74.2 Å². The molecular formula is C12H17N3O2S. The van der Waals surface area contributed by atoms with Gasteiger partial charge in [-0.15, -0.1) is 11.3 Å². The Morgan fingerprint density at radius 2 is 2.17 bits per heavy atom. The first kappa shape index (κ1) is 13.0. The summed E-state index contributed by atoms with van der Waals surface area (Å²) < 4.78 is 10.5. The standard InChI is InChI=1S/C12H17N3O2S/c1-4-16-6-5-9-14-12(17-15-9)10-7(2)8(3)18-11(10)13/h4-6,13H2,1-3H3. The van der Waals surface area contributed by atoms with E-state index in [1.54, 1.807) is 11.3 Å². The number of ether oxygens (including phenoxy) is 1. The molecule has 5 nitrogen and oxygen atoms in total. The van der Waals surface area contributed by atoms with Crippen molar-refractivity contribution in [3.63, 3.8) is 0 Å². The molecule has 0 amide bonds. The molecule has 18 heavy (non-hydrogen) atoms. The van der Waals surface area contributed by atoms with Gasteiger partial charge in [0.05, 0.1) is 17.2 Å². The molecule has 0 aromatic carbocycles. The number of nitrogen functional groups attached to an aromatic ring is 1. The number of hydrogen-bond acceptors (Lipinski definition) is 6. The summed E-state index contributed by atoms with van der Waals surface area (Å²) in [6.07, 6.45) is 0.652. The smallest absolute Gasteiger partial charge is 0.261 e. The lowest BCUT2D eigenvalue weighted by Gasteiger charge is -1.96. The van der Waals surface area contributed by atoms with E-state index in [1.807, 2.05) is 20.8 Å². The zero-order chi connectivity index (χ0) is 13.1. The molecule has 6 heteroatoms. The molecule has 0 fully saturated rings. The molecule has 2 aromatic rings. The van der Waals surface area contributed by atoms with Crippen LogP contribution in [-0.4, -0.2) is 23.4 Å². The van der Waals surface area contributed by atoms with Crippen LogP contribution in [0.15, 0.2) is 4.52 Å². The van der Waals surface area contributed by atoms with Crippen LogP contribution in [0.1, 0.15) is 23.2 Å². The number of hydrogen-bond donors (Lipinski definition) is 1. The normalized spacial score (nSPS) is 11.1. The summed E-state index contributed by atoms with van der Waals surface area (Å²) in [4.78, 5) is 5.53. The lowest BCUT2D eigenvalue weighted by Crippen LogP contribution is -1.99. The predicted octanol–water partition coefficient (Wildman–Crippen LogP) is 2.58. The minimum Gasteiger partial charge on any atom is -0.390 e. The van der Waals surface area contributed by atoms with Crippen molar-refractivity contribution in [2.45, 2.75) is 27.2 Å². The number of thiophene rings is 1. The van der Waals surface area contributed by atoms with E-state index in [0.717, 1.165) is 16.1 Å². The van der Waals surface area contributed by atoms with Crippen molar-refractivity contribution in [3.8, 4) is 11.5 Å². The SMILES string of the molecule is CCOCCc1noc(-c2c(N)sc(C)c2C)n1. The van der Waals surface area contributed by atoms with Crippen LogP contribution >= 0.6 is 11.3 Å². The molecule has 0 spiro atoms. The predicted molar refractivity (Wildman–Crippen MR) is 71.7 cm³/mol. The molecule has 0 saturated heterocycles. The molecule has 0 aliphatic rings. The van der Waals surface area contributed by atoms with Crippen LogP contribution in [0, 0.1) is 13.8 Å². The molecule has 0 saturated carbocycles. The Bertz CT molecular complexity index is 533. The van der Waals surface area contributed by atoms with Gasteiger partial charge in [0.1, 0.15) is 0 Å². The molecule has 0 unspecified atom stereocenters. The zero-order valence-corrected chi connectivity index (χ0v) is 11.6. The van der Waals surface area contributed by atoms with Crippen LogP contribution in [0.2, 0.25) is 0 Å². The quantitative estimate of drug-likeness (QED) is 0.843. The van der Waals surface area contributed by atoms with Gasteiger partial charge in [-0.25, -0.2) is 0 Å². The maximum Gasteiger partial charge on any atom is 0.261 e. The van der Waals surface area contributed by atoms with Gasteiger partial charge in [0.15, 0.2) is 5.82 Å². The van der Waals surface area contributed by atoms with Crippen molar-refractivity contribution in [2.24, 2.45) is 0 Å². The van der Waals surface area contributed by atoms with Crippen LogP contribution in [0.25, 0.3) is 11.5 Å². The Balaban J connectivity index is 2.19. The van der Waals surface area contributed by atoms with Gasteiger partial charge in [-0.3, -0.25) is 0 Å². The summed E-state index contributed by atoms with van der Waals surface area (Å²) in [5, 5.41) is 4.67. The van der Waals surface area contributed by atoms with E-state index in [1.165, 1.54) is 4.88 Å². The second-order valence-electron chi connectivity index (χ2n) is 3.99. The maximum absolute atomic E-state index is 5.97. The molecule has 0 radical (unpaired) electrons. The molecule has 2 rings (SSSR count). The number of aromatic nitrogens is 2. The number of nitrogens with zero attached hydrogens (tertiary/aromatic N) is 2. The molecule has 2 N–H and O–H groups in total. The van der Waals surface area contributed by atoms with Gasteiger partial charge in [-0.05, 0) is 26.3 Å². The zero-order valence-electron chi connectivity index (χ0n) is 10.8. The third-order valence-electron chi connectivity index (χ3n) is 2.77. The molecule has 2 aromatic heterocycles. The van der Waals surface area contributed by atoms with Gasteiger partial charge in [-0.1, -0.05) is 5.16 Å². The number of nitrogens with two attached hydrogens (primary N) is 1. The summed E-state index contributed by atoms with van der Waals surface area (Å²) in [5.74, 6) is 1.15. The second-order valence-corrected chi connectivity index (χ2v) is 5.24. The van der Waals surface area contributed by atoms with E-state index in [2.05, 4.69) is 10.1 Å². The second kappa shape index (κ2) is 5.49. The Labute approximate surface area is 110 Å². The van der Waals surface area contributed by atoms with E-state index >= 15 is 0 Å². The van der Waals surface area contributed by atoms with E-state index in [-0.39, 0.29) is 0 Å². The molecule has 0 atom stereocenters. The maximum atomic E-state index is 5.97. The van der Waals surface area contributed by atoms with Crippen molar-refractivity contribution < 1.29 is 9.26 Å². The number of anilines is 1. The van der Waals surface area contributed by atoms with Gasteiger partial charge in [0, 0.05) is 17.9 Å². The van der Waals surface area contributed by atoms with Crippen molar-refractivity contribution in [1.29, 1.82) is 0 Å². The summed E-state index contributed by atoms with van der Waals surface area (Å²) >= 11 is 1.55. The van der Waals surface area contributed by atoms with Crippen LogP contribution in [-0.2, 0) is 11.2 Å². The van der Waals surface area contributed by atoms with Gasteiger partial charge in [0.2, 0.25) is 0 Å². The largest absolute Gasteiger partial charge is 0.390 e. The van der Waals surface area contributed by atoms with Gasteiger partial charge in [-0.2, -0.15) is 4.98 Å². The Morgan fingerprint density at radius 1 is 1.39 bits per heavy atom. The third kappa shape index (κ3) is 2.54. The van der Waals surface area contributed by atoms with E-state index in [0.29, 0.717) is 31.3 Å². The van der Waals surface area contributed by atoms with Crippen LogP contribution in [0.4, 0.5) is 5.00 Å². The van der Waals surface area contributed by atoms with Crippen molar-refractivity contribution in [1.82, 2.24) is 10.1 Å². The Hall–Kier alpha value is -1.40. The van der Waals surface area contributed by atoms with Crippen LogP contribution in [0.3, 0.4) is 0 Å².